The van der Waals surface area contributed by atoms with Gasteiger partial charge in [0.05, 0.1) is 27.1 Å². The third-order valence-corrected chi connectivity index (χ3v) is 7.75. The summed E-state index contributed by atoms with van der Waals surface area (Å²) in [7, 11) is 1.05. The lowest BCUT2D eigenvalue weighted by Gasteiger charge is -2.35. The molecule has 10 heteroatoms. The molecule has 186 valence electrons. The zero-order valence-electron chi connectivity index (χ0n) is 20.2. The Bertz CT molecular complexity index is 1070. The molecule has 34 heavy (non-hydrogen) atoms. The molecule has 0 unspecified atom stereocenters. The Kier molecular flexibility index (Phi) is 8.62. The largest absolute Gasteiger partial charge is 0.493 e. The topological polar surface area (TPSA) is 97.4 Å². The van der Waals surface area contributed by atoms with Crippen LogP contribution in [-0.2, 0) is 10.0 Å². The van der Waals surface area contributed by atoms with Crippen molar-refractivity contribution in [2.24, 2.45) is 0 Å². The Morgan fingerprint density at radius 1 is 0.971 bits per heavy atom. The molecule has 2 aromatic carbocycles. The van der Waals surface area contributed by atoms with E-state index < -0.39 is 10.0 Å². The summed E-state index contributed by atoms with van der Waals surface area (Å²) in [5.74, 6) is 0.782. The maximum atomic E-state index is 12.8. The van der Waals surface area contributed by atoms with Gasteiger partial charge in [0.15, 0.2) is 11.5 Å². The molecule has 1 fully saturated rings. The first kappa shape index (κ1) is 25.6. The van der Waals surface area contributed by atoms with Gasteiger partial charge >= 0.3 is 0 Å². The Morgan fingerprint density at radius 3 is 2.18 bits per heavy atom. The second-order valence-electron chi connectivity index (χ2n) is 8.06. The summed E-state index contributed by atoms with van der Waals surface area (Å²) in [6, 6.07) is 11.3. The molecule has 2 aromatic rings. The number of piperazine rings is 1. The van der Waals surface area contributed by atoms with E-state index in [0.717, 1.165) is 5.69 Å². The predicted molar refractivity (Wildman–Crippen MR) is 132 cm³/mol. The molecule has 1 saturated heterocycles. The van der Waals surface area contributed by atoms with E-state index in [1.807, 2.05) is 25.1 Å². The number of carbonyl (C=O) groups excluding carboxylic acids is 1. The lowest BCUT2D eigenvalue weighted by molar-refractivity contribution is 0.0952. The number of methoxy groups -OCH3 is 3. The zero-order chi connectivity index (χ0) is 24.7. The molecule has 0 atom stereocenters. The number of anilines is 1. The monoisotopic (exact) mass is 491 g/mol. The SMILES string of the molecule is COc1cc(C(=O)NCCCS(=O)(=O)N2CCN(c3cccc(C)c3)CC2)cc(OC)c1OC. The van der Waals surface area contributed by atoms with Crippen LogP contribution >= 0.6 is 0 Å². The quantitative estimate of drug-likeness (QED) is 0.509. The molecule has 0 spiro atoms. The minimum Gasteiger partial charge on any atom is -0.493 e. The van der Waals surface area contributed by atoms with Crippen molar-refractivity contribution in [3.63, 3.8) is 0 Å². The minimum absolute atomic E-state index is 0.0209. The first-order valence-electron chi connectivity index (χ1n) is 11.2. The first-order chi connectivity index (χ1) is 16.3. The van der Waals surface area contributed by atoms with Crippen LogP contribution in [0.1, 0.15) is 22.3 Å². The number of benzene rings is 2. The van der Waals surface area contributed by atoms with Gasteiger partial charge in [0.2, 0.25) is 15.8 Å². The number of nitrogens with zero attached hydrogens (tertiary/aromatic N) is 2. The van der Waals surface area contributed by atoms with Gasteiger partial charge in [-0.2, -0.15) is 4.31 Å². The number of nitrogens with one attached hydrogen (secondary N) is 1. The molecule has 0 saturated carbocycles. The first-order valence-corrected chi connectivity index (χ1v) is 12.8. The number of aryl methyl sites for hydroxylation is 1. The van der Waals surface area contributed by atoms with Crippen molar-refractivity contribution in [3.05, 3.63) is 47.5 Å². The van der Waals surface area contributed by atoms with Crippen molar-refractivity contribution < 1.29 is 27.4 Å². The van der Waals surface area contributed by atoms with Crippen LogP contribution in [0.4, 0.5) is 5.69 Å². The van der Waals surface area contributed by atoms with E-state index in [1.165, 1.54) is 26.9 Å². The van der Waals surface area contributed by atoms with E-state index in [9.17, 15) is 13.2 Å². The van der Waals surface area contributed by atoms with Gasteiger partial charge in [-0.1, -0.05) is 12.1 Å². The number of sulfonamides is 1. The lowest BCUT2D eigenvalue weighted by atomic mass is 10.1. The lowest BCUT2D eigenvalue weighted by Crippen LogP contribution is -2.49. The van der Waals surface area contributed by atoms with Gasteiger partial charge in [-0.05, 0) is 43.2 Å². The number of hydrogen-bond donors (Lipinski definition) is 1. The fourth-order valence-electron chi connectivity index (χ4n) is 3.95. The van der Waals surface area contributed by atoms with Gasteiger partial charge < -0.3 is 24.4 Å². The van der Waals surface area contributed by atoms with Gasteiger partial charge in [-0.25, -0.2) is 8.42 Å². The minimum atomic E-state index is -3.39. The van der Waals surface area contributed by atoms with Crippen molar-refractivity contribution in [3.8, 4) is 17.2 Å². The van der Waals surface area contributed by atoms with Crippen molar-refractivity contribution in [2.45, 2.75) is 13.3 Å². The summed E-state index contributed by atoms with van der Waals surface area (Å²) in [5, 5.41) is 2.77. The summed E-state index contributed by atoms with van der Waals surface area (Å²) in [6.45, 7) is 4.49. The van der Waals surface area contributed by atoms with Crippen molar-refractivity contribution >= 4 is 21.6 Å². The molecule has 1 aliphatic rings. The van der Waals surface area contributed by atoms with E-state index in [0.29, 0.717) is 55.4 Å². The summed E-state index contributed by atoms with van der Waals surface area (Å²) < 4.78 is 42.9. The second-order valence-corrected chi connectivity index (χ2v) is 10.2. The highest BCUT2D eigenvalue weighted by molar-refractivity contribution is 7.89. The smallest absolute Gasteiger partial charge is 0.251 e. The number of hydrogen-bond acceptors (Lipinski definition) is 7. The van der Waals surface area contributed by atoms with Crippen molar-refractivity contribution in [1.82, 2.24) is 9.62 Å². The second kappa shape index (κ2) is 11.4. The molecule has 0 bridgehead atoms. The maximum absolute atomic E-state index is 12.8. The van der Waals surface area contributed by atoms with Crippen molar-refractivity contribution in [2.75, 3.05) is 64.7 Å². The standard InChI is InChI=1S/C24H33N3O6S/c1-18-7-5-8-20(15-18)26-10-12-27(13-11-26)34(29,30)14-6-9-25-24(28)19-16-21(31-2)23(33-4)22(17-19)32-3/h5,7-8,15-17H,6,9-14H2,1-4H3,(H,25,28). The Hall–Kier alpha value is -2.98. The summed E-state index contributed by atoms with van der Waals surface area (Å²) in [4.78, 5) is 14.8. The number of ether oxygens (including phenoxy) is 3. The molecule has 0 aromatic heterocycles. The highest BCUT2D eigenvalue weighted by Crippen LogP contribution is 2.38. The van der Waals surface area contributed by atoms with E-state index in [1.54, 1.807) is 16.4 Å². The van der Waals surface area contributed by atoms with E-state index >= 15 is 0 Å². The molecular formula is C24H33N3O6S. The summed E-state index contributed by atoms with van der Waals surface area (Å²) in [6.07, 6.45) is 0.316. The predicted octanol–water partition coefficient (Wildman–Crippen LogP) is 2.29. The Morgan fingerprint density at radius 2 is 1.62 bits per heavy atom. The zero-order valence-corrected chi connectivity index (χ0v) is 21.0. The third kappa shape index (κ3) is 6.12. The molecule has 0 radical (unpaired) electrons. The van der Waals surface area contributed by atoms with Crippen LogP contribution < -0.4 is 24.4 Å². The molecule has 1 heterocycles. The van der Waals surface area contributed by atoms with Crippen LogP contribution in [-0.4, -0.2) is 78.4 Å². The Labute approximate surface area is 201 Å². The van der Waals surface area contributed by atoms with Crippen LogP contribution in [0.25, 0.3) is 0 Å². The van der Waals surface area contributed by atoms with Gasteiger partial charge in [0.25, 0.3) is 5.91 Å². The van der Waals surface area contributed by atoms with Gasteiger partial charge in [0.1, 0.15) is 0 Å². The molecular weight excluding hydrogens is 458 g/mol. The van der Waals surface area contributed by atoms with E-state index in [4.69, 9.17) is 14.2 Å². The van der Waals surface area contributed by atoms with Gasteiger partial charge in [-0.3, -0.25) is 4.79 Å². The Balaban J connectivity index is 1.49. The molecule has 1 N–H and O–H groups in total. The average Bonchev–Trinajstić information content (AvgIpc) is 2.85. The van der Waals surface area contributed by atoms with Crippen LogP contribution in [0, 0.1) is 6.92 Å². The van der Waals surface area contributed by atoms with Crippen molar-refractivity contribution in [1.29, 1.82) is 0 Å². The fourth-order valence-corrected chi connectivity index (χ4v) is 5.44. The number of carbonyl (C=O) groups is 1. The van der Waals surface area contributed by atoms with E-state index in [-0.39, 0.29) is 18.2 Å². The molecule has 3 rings (SSSR count). The fraction of sp³-hybridized carbons (Fsp3) is 0.458. The number of amides is 1. The van der Waals surface area contributed by atoms with Crippen LogP contribution in [0.3, 0.4) is 0 Å². The van der Waals surface area contributed by atoms with Crippen LogP contribution in [0.15, 0.2) is 36.4 Å². The summed E-state index contributed by atoms with van der Waals surface area (Å²) >= 11 is 0. The average molecular weight is 492 g/mol. The highest BCUT2D eigenvalue weighted by atomic mass is 32.2. The summed E-state index contributed by atoms with van der Waals surface area (Å²) in [5.41, 5.74) is 2.64. The molecule has 1 amide bonds. The molecule has 1 aliphatic heterocycles. The van der Waals surface area contributed by atoms with Gasteiger partial charge in [-0.15, -0.1) is 0 Å². The molecule has 9 nitrogen and oxygen atoms in total. The third-order valence-electron chi connectivity index (χ3n) is 5.79. The van der Waals surface area contributed by atoms with Crippen LogP contribution in [0.5, 0.6) is 17.2 Å². The van der Waals surface area contributed by atoms with E-state index in [2.05, 4.69) is 16.3 Å². The highest BCUT2D eigenvalue weighted by Gasteiger charge is 2.26. The normalized spacial score (nSPS) is 14.5. The maximum Gasteiger partial charge on any atom is 0.251 e. The molecule has 0 aliphatic carbocycles. The number of rotatable bonds is 10. The van der Waals surface area contributed by atoms with Gasteiger partial charge in [0, 0.05) is 44.0 Å². The van der Waals surface area contributed by atoms with Crippen LogP contribution in [0.2, 0.25) is 0 Å².